The SMILES string of the molecule is CCOC(=O)[C@@]1(O)C(=O)N2CCC(C)=C[C@]23C[C@@H](C)CC[C@@H]3C1(C)C. The predicted octanol–water partition coefficient (Wildman–Crippen LogP) is 2.67. The second-order valence-corrected chi connectivity index (χ2v) is 8.78. The van der Waals surface area contributed by atoms with Crippen LogP contribution in [0, 0.1) is 17.3 Å². The van der Waals surface area contributed by atoms with Crippen LogP contribution in [-0.4, -0.2) is 46.2 Å². The molecular weight excluding hydrogens is 318 g/mol. The van der Waals surface area contributed by atoms with Crippen LogP contribution in [0.2, 0.25) is 0 Å². The van der Waals surface area contributed by atoms with E-state index in [4.69, 9.17) is 4.74 Å². The summed E-state index contributed by atoms with van der Waals surface area (Å²) < 4.78 is 5.14. The summed E-state index contributed by atoms with van der Waals surface area (Å²) >= 11 is 0. The van der Waals surface area contributed by atoms with Crippen LogP contribution in [0.3, 0.4) is 0 Å². The maximum Gasteiger partial charge on any atom is 0.348 e. The maximum absolute atomic E-state index is 13.4. The van der Waals surface area contributed by atoms with Crippen LogP contribution in [0.15, 0.2) is 11.6 Å². The molecule has 140 valence electrons. The normalized spacial score (nSPS) is 40.0. The number of piperidine rings is 1. The largest absolute Gasteiger partial charge is 0.463 e. The molecule has 5 heteroatoms. The van der Waals surface area contributed by atoms with Crippen LogP contribution in [0.25, 0.3) is 0 Å². The summed E-state index contributed by atoms with van der Waals surface area (Å²) in [5.41, 5.74) is -2.10. The number of ether oxygens (including phenoxy) is 1. The van der Waals surface area contributed by atoms with Gasteiger partial charge in [0.2, 0.25) is 5.60 Å². The van der Waals surface area contributed by atoms with Gasteiger partial charge in [-0.25, -0.2) is 4.79 Å². The fourth-order valence-corrected chi connectivity index (χ4v) is 5.62. The van der Waals surface area contributed by atoms with Gasteiger partial charge in [0.25, 0.3) is 5.91 Å². The van der Waals surface area contributed by atoms with E-state index in [1.54, 1.807) is 11.8 Å². The molecule has 0 radical (unpaired) electrons. The highest BCUT2D eigenvalue weighted by Gasteiger charge is 2.71. The lowest BCUT2D eigenvalue weighted by molar-refractivity contribution is -0.223. The van der Waals surface area contributed by atoms with Crippen LogP contribution in [-0.2, 0) is 14.3 Å². The number of hydrogen-bond acceptors (Lipinski definition) is 4. The predicted molar refractivity (Wildman–Crippen MR) is 94.7 cm³/mol. The van der Waals surface area contributed by atoms with Crippen LogP contribution >= 0.6 is 0 Å². The number of carbonyl (C=O) groups is 2. The van der Waals surface area contributed by atoms with Gasteiger partial charge >= 0.3 is 5.97 Å². The molecule has 2 heterocycles. The first-order chi connectivity index (χ1) is 11.6. The molecule has 5 nitrogen and oxygen atoms in total. The molecule has 2 aliphatic heterocycles. The van der Waals surface area contributed by atoms with E-state index < -0.39 is 22.9 Å². The third kappa shape index (κ3) is 2.31. The number of carbonyl (C=O) groups excluding carboxylic acids is 2. The van der Waals surface area contributed by atoms with Crippen molar-refractivity contribution < 1.29 is 19.4 Å². The second kappa shape index (κ2) is 5.83. The van der Waals surface area contributed by atoms with Crippen molar-refractivity contribution >= 4 is 11.9 Å². The molecule has 1 aliphatic carbocycles. The van der Waals surface area contributed by atoms with Crippen molar-refractivity contribution in [3.63, 3.8) is 0 Å². The van der Waals surface area contributed by atoms with Gasteiger partial charge in [0.15, 0.2) is 0 Å². The Morgan fingerprint density at radius 2 is 2.08 bits per heavy atom. The van der Waals surface area contributed by atoms with Gasteiger partial charge in [0.1, 0.15) is 0 Å². The highest BCUT2D eigenvalue weighted by Crippen LogP contribution is 2.59. The molecule has 2 fully saturated rings. The maximum atomic E-state index is 13.4. The Balaban J connectivity index is 2.18. The van der Waals surface area contributed by atoms with E-state index in [9.17, 15) is 14.7 Å². The highest BCUT2D eigenvalue weighted by atomic mass is 16.6. The molecule has 1 spiro atoms. The van der Waals surface area contributed by atoms with E-state index >= 15 is 0 Å². The van der Waals surface area contributed by atoms with Crippen molar-refractivity contribution in [3.05, 3.63) is 11.6 Å². The van der Waals surface area contributed by atoms with Crippen molar-refractivity contribution in [2.24, 2.45) is 17.3 Å². The number of hydrogen-bond donors (Lipinski definition) is 1. The van der Waals surface area contributed by atoms with Crippen LogP contribution in [0.4, 0.5) is 0 Å². The minimum Gasteiger partial charge on any atom is -0.463 e. The zero-order chi connectivity index (χ0) is 18.6. The third-order valence-corrected chi connectivity index (χ3v) is 6.88. The van der Waals surface area contributed by atoms with Crippen molar-refractivity contribution in [1.82, 2.24) is 4.90 Å². The summed E-state index contributed by atoms with van der Waals surface area (Å²) in [6.07, 6.45) is 5.87. The number of amides is 1. The van der Waals surface area contributed by atoms with Crippen molar-refractivity contribution in [2.45, 2.75) is 71.4 Å². The van der Waals surface area contributed by atoms with Crippen LogP contribution in [0.5, 0.6) is 0 Å². The molecule has 0 aromatic heterocycles. The van der Waals surface area contributed by atoms with E-state index in [0.29, 0.717) is 12.5 Å². The molecule has 25 heavy (non-hydrogen) atoms. The Morgan fingerprint density at radius 3 is 2.72 bits per heavy atom. The molecule has 1 N–H and O–H groups in total. The second-order valence-electron chi connectivity index (χ2n) is 8.78. The molecule has 3 aliphatic rings. The first-order valence-corrected chi connectivity index (χ1v) is 9.51. The first kappa shape index (κ1) is 18.4. The Bertz CT molecular complexity index is 625. The fraction of sp³-hybridized carbons (Fsp3) is 0.800. The van der Waals surface area contributed by atoms with Gasteiger partial charge in [0, 0.05) is 12.0 Å². The molecule has 3 rings (SSSR count). The van der Waals surface area contributed by atoms with Crippen molar-refractivity contribution in [3.8, 4) is 0 Å². The van der Waals surface area contributed by atoms with Gasteiger partial charge in [-0.15, -0.1) is 0 Å². The fourth-order valence-electron chi connectivity index (χ4n) is 5.62. The number of nitrogens with zero attached hydrogens (tertiary/aromatic N) is 1. The Morgan fingerprint density at radius 1 is 1.40 bits per heavy atom. The number of aliphatic hydroxyl groups is 1. The van der Waals surface area contributed by atoms with E-state index in [1.807, 2.05) is 13.8 Å². The Kier molecular flexibility index (Phi) is 4.30. The van der Waals surface area contributed by atoms with E-state index in [-0.39, 0.29) is 18.1 Å². The summed E-state index contributed by atoms with van der Waals surface area (Å²) in [6, 6.07) is 0. The monoisotopic (exact) mass is 349 g/mol. The molecule has 0 aromatic carbocycles. The molecule has 1 saturated heterocycles. The Hall–Kier alpha value is -1.36. The van der Waals surface area contributed by atoms with E-state index in [0.717, 1.165) is 25.7 Å². The average Bonchev–Trinajstić information content (AvgIpc) is 2.52. The smallest absolute Gasteiger partial charge is 0.348 e. The topological polar surface area (TPSA) is 66.8 Å². The lowest BCUT2D eigenvalue weighted by atomic mass is 9.50. The minimum atomic E-state index is -2.11. The third-order valence-electron chi connectivity index (χ3n) is 6.88. The van der Waals surface area contributed by atoms with Crippen LogP contribution in [0.1, 0.15) is 60.3 Å². The molecule has 4 atom stereocenters. The highest BCUT2D eigenvalue weighted by molar-refractivity contribution is 6.08. The standard InChI is InChI=1S/C20H31NO4/c1-6-25-17(23)20(24)16(22)21-10-9-14(3)12-19(21)11-13(2)7-8-15(19)18(20,4)5/h12-13,15,24H,6-11H2,1-5H3/t13-,15+,19-,20-/m0/s1. The van der Waals surface area contributed by atoms with E-state index in [1.165, 1.54) is 5.57 Å². The summed E-state index contributed by atoms with van der Waals surface area (Å²) in [5, 5.41) is 11.4. The van der Waals surface area contributed by atoms with Gasteiger partial charge in [-0.05, 0) is 44.9 Å². The van der Waals surface area contributed by atoms with Gasteiger partial charge in [-0.3, -0.25) is 4.79 Å². The summed E-state index contributed by atoms with van der Waals surface area (Å²) in [5.74, 6) is -0.745. The molecule has 0 bridgehead atoms. The first-order valence-electron chi connectivity index (χ1n) is 9.51. The summed E-state index contributed by atoms with van der Waals surface area (Å²) in [7, 11) is 0. The Labute approximate surface area is 150 Å². The lowest BCUT2D eigenvalue weighted by Gasteiger charge is -2.65. The summed E-state index contributed by atoms with van der Waals surface area (Å²) in [6.45, 7) is 10.5. The molecular formula is C20H31NO4. The van der Waals surface area contributed by atoms with E-state index in [2.05, 4.69) is 19.9 Å². The quantitative estimate of drug-likeness (QED) is 0.473. The average molecular weight is 349 g/mol. The molecule has 1 saturated carbocycles. The zero-order valence-electron chi connectivity index (χ0n) is 16.1. The summed E-state index contributed by atoms with van der Waals surface area (Å²) in [4.78, 5) is 27.9. The number of esters is 1. The number of rotatable bonds is 2. The van der Waals surface area contributed by atoms with Crippen molar-refractivity contribution in [2.75, 3.05) is 13.2 Å². The lowest BCUT2D eigenvalue weighted by Crippen LogP contribution is -2.78. The van der Waals surface area contributed by atoms with Crippen molar-refractivity contribution in [1.29, 1.82) is 0 Å². The minimum absolute atomic E-state index is 0.0264. The van der Waals surface area contributed by atoms with Gasteiger partial charge in [0.05, 0.1) is 12.1 Å². The van der Waals surface area contributed by atoms with Gasteiger partial charge < -0.3 is 14.7 Å². The van der Waals surface area contributed by atoms with Gasteiger partial charge in [-0.2, -0.15) is 0 Å². The molecule has 1 amide bonds. The molecule has 0 aromatic rings. The van der Waals surface area contributed by atoms with Gasteiger partial charge in [-0.1, -0.05) is 38.8 Å². The zero-order valence-corrected chi connectivity index (χ0v) is 16.1. The molecule has 0 unspecified atom stereocenters. The van der Waals surface area contributed by atoms with Crippen LogP contribution < -0.4 is 0 Å².